The highest BCUT2D eigenvalue weighted by Gasteiger charge is 2.54. The van der Waals surface area contributed by atoms with E-state index >= 15 is 0 Å². The largest absolute Gasteiger partial charge is 0.394 e. The molecule has 0 aromatic heterocycles. The van der Waals surface area contributed by atoms with Gasteiger partial charge in [-0.25, -0.2) is 0 Å². The highest BCUT2D eigenvalue weighted by atomic mass is 16.6. The lowest BCUT2D eigenvalue weighted by molar-refractivity contribution is -0.258. The summed E-state index contributed by atoms with van der Waals surface area (Å²) in [4.78, 5) is 0. The van der Waals surface area contributed by atoms with Crippen LogP contribution in [0.2, 0.25) is 0 Å². The van der Waals surface area contributed by atoms with Crippen molar-refractivity contribution in [2.45, 2.75) is 85.0 Å². The van der Waals surface area contributed by atoms with Crippen molar-refractivity contribution in [3.05, 3.63) is 0 Å². The molecule has 14 atom stereocenters. The monoisotopic (exact) mass is 546 g/mol. The Morgan fingerprint density at radius 2 is 0.946 bits per heavy atom. The lowest BCUT2D eigenvalue weighted by Gasteiger charge is -2.42. The first-order valence-electron chi connectivity index (χ1n) is 11.9. The first-order chi connectivity index (χ1) is 17.5. The van der Waals surface area contributed by atoms with Gasteiger partial charge in [-0.2, -0.15) is 0 Å². The fourth-order valence-electron chi connectivity index (χ4n) is 4.66. The van der Waals surface area contributed by atoms with Crippen LogP contribution in [-0.2, 0) is 23.7 Å². The third kappa shape index (κ3) is 6.41. The van der Waals surface area contributed by atoms with Gasteiger partial charge in [0.05, 0.1) is 46.2 Å². The van der Waals surface area contributed by atoms with Crippen molar-refractivity contribution in [1.82, 2.24) is 0 Å². The zero-order chi connectivity index (χ0) is 27.5. The van der Waals surface area contributed by atoms with Crippen LogP contribution in [-0.4, -0.2) is 187 Å². The van der Waals surface area contributed by atoms with Gasteiger partial charge in [0.1, 0.15) is 85.0 Å². The molecule has 0 spiro atoms. The van der Waals surface area contributed by atoms with Crippen molar-refractivity contribution in [3.8, 4) is 0 Å². The first kappa shape index (κ1) is 30.9. The molecule has 3 heterocycles. The smallest absolute Gasteiger partial charge is 0.143 e. The fourth-order valence-corrected chi connectivity index (χ4v) is 4.66. The number of ether oxygens (including phenoxy) is 5. The maximum atomic E-state index is 10.3. The van der Waals surface area contributed by atoms with E-state index in [2.05, 4.69) is 0 Å². The molecule has 218 valence electrons. The number of hydrogen-bond acceptors (Lipinski definition) is 16. The molecule has 14 unspecified atom stereocenters. The van der Waals surface area contributed by atoms with Gasteiger partial charge in [-0.1, -0.05) is 0 Å². The third-order valence-electron chi connectivity index (χ3n) is 7.07. The average Bonchev–Trinajstić information content (AvgIpc) is 3.14. The molecule has 0 saturated carbocycles. The first-order valence-corrected chi connectivity index (χ1v) is 11.9. The van der Waals surface area contributed by atoms with E-state index in [9.17, 15) is 56.2 Å². The quantitative estimate of drug-likeness (QED) is 0.115. The second kappa shape index (κ2) is 13.1. The summed E-state index contributed by atoms with van der Waals surface area (Å²) in [6, 6.07) is 0. The van der Waals surface area contributed by atoms with Crippen LogP contribution in [0.15, 0.2) is 0 Å². The van der Waals surface area contributed by atoms with Crippen molar-refractivity contribution >= 4 is 0 Å². The number of hydrogen-bond donors (Lipinski definition) is 11. The molecule has 16 nitrogen and oxygen atoms in total. The topological polar surface area (TPSA) is 269 Å². The van der Waals surface area contributed by atoms with E-state index in [1.165, 1.54) is 0 Å². The van der Waals surface area contributed by atoms with Gasteiger partial charge in [0, 0.05) is 0 Å². The van der Waals surface area contributed by atoms with Crippen LogP contribution < -0.4 is 0 Å². The van der Waals surface area contributed by atoms with E-state index in [0.717, 1.165) is 0 Å². The Morgan fingerprint density at radius 1 is 0.514 bits per heavy atom. The summed E-state index contributed by atoms with van der Waals surface area (Å²) >= 11 is 0. The highest BCUT2D eigenvalue weighted by molar-refractivity contribution is 5.02. The summed E-state index contributed by atoms with van der Waals surface area (Å²) in [6.07, 6.45) is -18.3. The summed E-state index contributed by atoms with van der Waals surface area (Å²) in [7, 11) is 0. The predicted molar refractivity (Wildman–Crippen MR) is 116 cm³/mol. The minimum Gasteiger partial charge on any atom is -0.394 e. The Kier molecular flexibility index (Phi) is 11.0. The molecule has 0 aromatic carbocycles. The molecule has 0 aliphatic carbocycles. The second-order valence-electron chi connectivity index (χ2n) is 9.60. The van der Waals surface area contributed by atoms with E-state index in [0.29, 0.717) is 0 Å². The Morgan fingerprint density at radius 3 is 1.38 bits per heavy atom. The molecule has 3 fully saturated rings. The van der Waals surface area contributed by atoms with Crippen LogP contribution in [0, 0.1) is 0 Å². The van der Waals surface area contributed by atoms with E-state index in [1.807, 2.05) is 0 Å². The van der Waals surface area contributed by atoms with Crippen LogP contribution in [0.1, 0.15) is 0 Å². The molecule has 0 amide bonds. The maximum absolute atomic E-state index is 10.3. The van der Waals surface area contributed by atoms with E-state index in [4.69, 9.17) is 23.7 Å². The van der Waals surface area contributed by atoms with E-state index < -0.39 is 118 Å². The van der Waals surface area contributed by atoms with Gasteiger partial charge in [-0.15, -0.1) is 0 Å². The molecular formula is C21H38O16. The molecule has 0 aromatic rings. The normalized spacial score (nSPS) is 48.9. The SMILES string of the molecule is OCC1OC(COCC2OC(COCC3(CO)OC(CO)C(O)C3O)C(O)C(O)C2O)C(O)C(O)C1O. The number of rotatable bonds is 11. The Balaban J connectivity index is 1.53. The fraction of sp³-hybridized carbons (Fsp3) is 1.00. The van der Waals surface area contributed by atoms with Gasteiger partial charge in [0.2, 0.25) is 0 Å². The van der Waals surface area contributed by atoms with Gasteiger partial charge in [-0.3, -0.25) is 0 Å². The van der Waals surface area contributed by atoms with Gasteiger partial charge in [-0.05, 0) is 0 Å². The van der Waals surface area contributed by atoms with Crippen molar-refractivity contribution < 1.29 is 79.9 Å². The Labute approximate surface area is 211 Å². The molecule has 3 aliphatic heterocycles. The zero-order valence-corrected chi connectivity index (χ0v) is 19.9. The van der Waals surface area contributed by atoms with Gasteiger partial charge >= 0.3 is 0 Å². The van der Waals surface area contributed by atoms with Crippen LogP contribution in [0.25, 0.3) is 0 Å². The van der Waals surface area contributed by atoms with Gasteiger partial charge in [0.25, 0.3) is 0 Å². The van der Waals surface area contributed by atoms with Crippen molar-refractivity contribution in [3.63, 3.8) is 0 Å². The lowest BCUT2D eigenvalue weighted by atomic mass is 9.94. The van der Waals surface area contributed by atoms with Gasteiger partial charge in [0.15, 0.2) is 0 Å². The molecule has 3 saturated heterocycles. The lowest BCUT2D eigenvalue weighted by Crippen LogP contribution is -2.61. The maximum Gasteiger partial charge on any atom is 0.143 e. The summed E-state index contributed by atoms with van der Waals surface area (Å²) in [5.41, 5.74) is -1.75. The zero-order valence-electron chi connectivity index (χ0n) is 19.9. The molecule has 16 heteroatoms. The predicted octanol–water partition coefficient (Wildman–Crippen LogP) is -7.44. The summed E-state index contributed by atoms with van der Waals surface area (Å²) < 4.78 is 27.2. The number of aliphatic hydroxyl groups is 11. The molecule has 11 N–H and O–H groups in total. The molecule has 3 rings (SSSR count). The Hall–Kier alpha value is -0.640. The van der Waals surface area contributed by atoms with Crippen LogP contribution >= 0.6 is 0 Å². The van der Waals surface area contributed by atoms with Crippen molar-refractivity contribution in [1.29, 1.82) is 0 Å². The average molecular weight is 547 g/mol. The summed E-state index contributed by atoms with van der Waals surface area (Å²) in [5.74, 6) is 0. The molecular weight excluding hydrogens is 508 g/mol. The molecule has 37 heavy (non-hydrogen) atoms. The van der Waals surface area contributed by atoms with E-state index in [1.54, 1.807) is 0 Å². The minimum absolute atomic E-state index is 0.337. The highest BCUT2D eigenvalue weighted by Crippen LogP contribution is 2.32. The third-order valence-corrected chi connectivity index (χ3v) is 7.07. The second-order valence-corrected chi connectivity index (χ2v) is 9.60. The molecule has 0 bridgehead atoms. The van der Waals surface area contributed by atoms with Crippen molar-refractivity contribution in [2.75, 3.05) is 46.2 Å². The van der Waals surface area contributed by atoms with Gasteiger partial charge < -0.3 is 79.9 Å². The Bertz CT molecular complexity index is 699. The molecule has 0 radical (unpaired) electrons. The summed E-state index contributed by atoms with van der Waals surface area (Å²) in [6.45, 7) is -3.55. The minimum atomic E-state index is -1.75. The molecule has 3 aliphatic rings. The van der Waals surface area contributed by atoms with Crippen LogP contribution in [0.3, 0.4) is 0 Å². The van der Waals surface area contributed by atoms with Crippen LogP contribution in [0.4, 0.5) is 0 Å². The van der Waals surface area contributed by atoms with Crippen molar-refractivity contribution in [2.24, 2.45) is 0 Å². The van der Waals surface area contributed by atoms with E-state index in [-0.39, 0.29) is 13.2 Å². The van der Waals surface area contributed by atoms with Crippen LogP contribution in [0.5, 0.6) is 0 Å². The number of aliphatic hydroxyl groups excluding tert-OH is 11. The summed E-state index contributed by atoms with van der Waals surface area (Å²) in [5, 5.41) is 109. The standard InChI is InChI=1S/C21H38O16/c22-1-8-13(25)18(30)14(26)10(35-8)3-33-4-11-15(27)19(31)16(28)12(36-11)5-34-7-21(6-24)20(32)17(29)9(2-23)37-21/h8-20,22-32H,1-7H2.